The number of rotatable bonds is 4. The quantitative estimate of drug-likeness (QED) is 0.727. The van der Waals surface area contributed by atoms with Crippen molar-refractivity contribution < 1.29 is 10.2 Å². The molecule has 0 saturated carbocycles. The first-order valence-corrected chi connectivity index (χ1v) is 6.89. The first kappa shape index (κ1) is 14.2. The van der Waals surface area contributed by atoms with Crippen LogP contribution in [-0.4, -0.2) is 41.8 Å². The van der Waals surface area contributed by atoms with Crippen LogP contribution in [0.2, 0.25) is 0 Å². The summed E-state index contributed by atoms with van der Waals surface area (Å²) in [4.78, 5) is 2.36. The molecule has 0 aromatic heterocycles. The van der Waals surface area contributed by atoms with Gasteiger partial charge in [0, 0.05) is 18.7 Å². The topological polar surface area (TPSA) is 55.7 Å². The summed E-state index contributed by atoms with van der Waals surface area (Å²) >= 11 is 0. The predicted octanol–water partition coefficient (Wildman–Crippen LogP) is 1.92. The summed E-state index contributed by atoms with van der Waals surface area (Å²) in [7, 11) is 2.16. The first-order chi connectivity index (χ1) is 9.00. The number of para-hydroxylation sites is 1. The van der Waals surface area contributed by atoms with Gasteiger partial charge in [-0.2, -0.15) is 0 Å². The van der Waals surface area contributed by atoms with Gasteiger partial charge in [-0.3, -0.25) is 0 Å². The Balaban J connectivity index is 1.85. The molecule has 106 valence electrons. The van der Waals surface area contributed by atoms with E-state index in [1.54, 1.807) is 6.07 Å². The second-order valence-electron chi connectivity index (χ2n) is 6.00. The second kappa shape index (κ2) is 5.80. The summed E-state index contributed by atoms with van der Waals surface area (Å²) in [6.45, 7) is 6.14. The van der Waals surface area contributed by atoms with Crippen molar-refractivity contribution in [2.45, 2.75) is 26.3 Å². The highest BCUT2D eigenvalue weighted by Crippen LogP contribution is 2.31. The maximum absolute atomic E-state index is 9.74. The fourth-order valence-corrected chi connectivity index (χ4v) is 2.55. The van der Waals surface area contributed by atoms with Gasteiger partial charge in [-0.25, -0.2) is 0 Å². The molecule has 4 nitrogen and oxygen atoms in total. The molecule has 0 unspecified atom stereocenters. The van der Waals surface area contributed by atoms with Crippen LogP contribution in [0.4, 0.5) is 0 Å². The van der Waals surface area contributed by atoms with Crippen LogP contribution in [0, 0.1) is 5.41 Å². The van der Waals surface area contributed by atoms with Gasteiger partial charge in [0.25, 0.3) is 0 Å². The van der Waals surface area contributed by atoms with Crippen LogP contribution in [0.3, 0.4) is 0 Å². The third-order valence-electron chi connectivity index (χ3n) is 4.16. The Morgan fingerprint density at radius 3 is 2.63 bits per heavy atom. The summed E-state index contributed by atoms with van der Waals surface area (Å²) < 4.78 is 0. The normalized spacial score (nSPS) is 19.5. The number of hydrogen-bond acceptors (Lipinski definition) is 4. The molecule has 1 aliphatic rings. The molecule has 3 N–H and O–H groups in total. The van der Waals surface area contributed by atoms with Crippen LogP contribution in [0.25, 0.3) is 0 Å². The molecule has 0 bridgehead atoms. The maximum Gasteiger partial charge on any atom is 0.161 e. The fraction of sp³-hybridized carbons (Fsp3) is 0.600. The molecule has 19 heavy (non-hydrogen) atoms. The Bertz CT molecular complexity index is 426. The molecule has 0 aliphatic carbocycles. The van der Waals surface area contributed by atoms with Crippen molar-refractivity contribution >= 4 is 0 Å². The van der Waals surface area contributed by atoms with Gasteiger partial charge in [0.1, 0.15) is 0 Å². The summed E-state index contributed by atoms with van der Waals surface area (Å²) in [5.41, 5.74) is 1.08. The van der Waals surface area contributed by atoms with E-state index >= 15 is 0 Å². The summed E-state index contributed by atoms with van der Waals surface area (Å²) in [5, 5.41) is 22.6. The van der Waals surface area contributed by atoms with E-state index in [2.05, 4.69) is 24.2 Å². The van der Waals surface area contributed by atoms with Crippen LogP contribution in [-0.2, 0) is 6.54 Å². The number of nitrogens with one attached hydrogen (secondary N) is 1. The zero-order chi connectivity index (χ0) is 13.9. The number of piperidine rings is 1. The van der Waals surface area contributed by atoms with Gasteiger partial charge in [0.2, 0.25) is 0 Å². The predicted molar refractivity (Wildman–Crippen MR) is 76.3 cm³/mol. The van der Waals surface area contributed by atoms with Crippen molar-refractivity contribution in [3.63, 3.8) is 0 Å². The standard InChI is InChI=1S/C15H24N2O2/c1-15(6-8-17(2)9-7-15)11-16-10-12-4-3-5-13(18)14(12)19/h3-5,16,18-19H,6-11H2,1-2H3. The largest absolute Gasteiger partial charge is 0.504 e. The smallest absolute Gasteiger partial charge is 0.161 e. The number of hydrogen-bond donors (Lipinski definition) is 3. The molecule has 1 aromatic rings. The summed E-state index contributed by atoms with van der Waals surface area (Å²) in [6, 6.07) is 5.08. The zero-order valence-electron chi connectivity index (χ0n) is 11.8. The van der Waals surface area contributed by atoms with Crippen LogP contribution in [0.1, 0.15) is 25.3 Å². The lowest BCUT2D eigenvalue weighted by molar-refractivity contribution is 0.136. The van der Waals surface area contributed by atoms with Crippen LogP contribution in [0.15, 0.2) is 18.2 Å². The Morgan fingerprint density at radius 1 is 1.26 bits per heavy atom. The second-order valence-corrected chi connectivity index (χ2v) is 6.00. The lowest BCUT2D eigenvalue weighted by atomic mass is 9.80. The number of likely N-dealkylation sites (tertiary alicyclic amines) is 1. The van der Waals surface area contributed by atoms with Crippen molar-refractivity contribution in [1.82, 2.24) is 10.2 Å². The van der Waals surface area contributed by atoms with E-state index in [0.29, 0.717) is 12.0 Å². The molecule has 2 rings (SSSR count). The molecule has 0 amide bonds. The van der Waals surface area contributed by atoms with Gasteiger partial charge in [-0.1, -0.05) is 19.1 Å². The van der Waals surface area contributed by atoms with E-state index in [1.807, 2.05) is 6.07 Å². The first-order valence-electron chi connectivity index (χ1n) is 6.89. The molecular weight excluding hydrogens is 240 g/mol. The molecule has 1 fully saturated rings. The molecule has 1 aromatic carbocycles. The number of aromatic hydroxyl groups is 2. The van der Waals surface area contributed by atoms with E-state index in [1.165, 1.54) is 18.9 Å². The van der Waals surface area contributed by atoms with Crippen molar-refractivity contribution in [3.8, 4) is 11.5 Å². The minimum atomic E-state index is -0.0511. The van der Waals surface area contributed by atoms with Crippen molar-refractivity contribution in [2.75, 3.05) is 26.7 Å². The highest BCUT2D eigenvalue weighted by molar-refractivity contribution is 5.44. The van der Waals surface area contributed by atoms with Crippen molar-refractivity contribution in [3.05, 3.63) is 23.8 Å². The van der Waals surface area contributed by atoms with Gasteiger partial charge in [-0.15, -0.1) is 0 Å². The van der Waals surface area contributed by atoms with E-state index in [-0.39, 0.29) is 11.5 Å². The third-order valence-corrected chi connectivity index (χ3v) is 4.16. The Kier molecular flexibility index (Phi) is 4.32. The molecule has 4 heteroatoms. The lowest BCUT2D eigenvalue weighted by Crippen LogP contribution is -2.41. The molecular formula is C15H24N2O2. The molecule has 0 spiro atoms. The number of benzene rings is 1. The minimum Gasteiger partial charge on any atom is -0.504 e. The van der Waals surface area contributed by atoms with Crippen molar-refractivity contribution in [1.29, 1.82) is 0 Å². The number of phenols is 2. The molecule has 1 saturated heterocycles. The monoisotopic (exact) mass is 264 g/mol. The van der Waals surface area contributed by atoms with Crippen molar-refractivity contribution in [2.24, 2.45) is 5.41 Å². The minimum absolute atomic E-state index is 0.0106. The van der Waals surface area contributed by atoms with Crippen LogP contribution in [0.5, 0.6) is 11.5 Å². The summed E-state index contributed by atoms with van der Waals surface area (Å²) in [5.74, 6) is -0.0617. The Labute approximate surface area is 115 Å². The van der Waals surface area contributed by atoms with Gasteiger partial charge >= 0.3 is 0 Å². The lowest BCUT2D eigenvalue weighted by Gasteiger charge is -2.38. The SMILES string of the molecule is CN1CCC(C)(CNCc2cccc(O)c2O)CC1. The van der Waals surface area contributed by atoms with E-state index in [4.69, 9.17) is 0 Å². The average Bonchev–Trinajstić information content (AvgIpc) is 2.39. The fourth-order valence-electron chi connectivity index (χ4n) is 2.55. The molecule has 1 aliphatic heterocycles. The highest BCUT2D eigenvalue weighted by Gasteiger charge is 2.28. The highest BCUT2D eigenvalue weighted by atomic mass is 16.3. The molecule has 0 atom stereocenters. The van der Waals surface area contributed by atoms with Gasteiger partial charge in [0.15, 0.2) is 11.5 Å². The summed E-state index contributed by atoms with van der Waals surface area (Å²) in [6.07, 6.45) is 2.39. The number of nitrogens with zero attached hydrogens (tertiary/aromatic N) is 1. The Hall–Kier alpha value is -1.26. The van der Waals surface area contributed by atoms with Gasteiger partial charge in [0.05, 0.1) is 0 Å². The van der Waals surface area contributed by atoms with Crippen LogP contribution < -0.4 is 5.32 Å². The number of phenolic OH excluding ortho intramolecular Hbond substituents is 2. The Morgan fingerprint density at radius 2 is 1.95 bits per heavy atom. The molecule has 0 radical (unpaired) electrons. The van der Waals surface area contributed by atoms with Gasteiger partial charge in [-0.05, 0) is 44.5 Å². The van der Waals surface area contributed by atoms with E-state index in [0.717, 1.165) is 25.2 Å². The van der Waals surface area contributed by atoms with Gasteiger partial charge < -0.3 is 20.4 Å². The average molecular weight is 264 g/mol. The third kappa shape index (κ3) is 3.61. The van der Waals surface area contributed by atoms with E-state index in [9.17, 15) is 10.2 Å². The zero-order valence-corrected chi connectivity index (χ0v) is 11.8. The molecule has 1 heterocycles. The van der Waals surface area contributed by atoms with E-state index < -0.39 is 0 Å². The maximum atomic E-state index is 9.74. The van der Waals surface area contributed by atoms with Crippen LogP contribution >= 0.6 is 0 Å².